The third kappa shape index (κ3) is 2.02. The first-order chi connectivity index (χ1) is 7.92. The molecule has 0 amide bonds. The maximum atomic E-state index is 4.02. The minimum absolute atomic E-state index is 0.836. The van der Waals surface area contributed by atoms with E-state index in [4.69, 9.17) is 0 Å². The summed E-state index contributed by atoms with van der Waals surface area (Å²) in [5, 5.41) is 11.7. The molecule has 4 heteroatoms. The molecule has 1 fully saturated rings. The molecule has 2 aromatic rings. The average molecular weight is 233 g/mol. The van der Waals surface area contributed by atoms with Crippen LogP contribution in [0, 0.1) is 5.92 Å². The zero-order valence-electron chi connectivity index (χ0n) is 9.07. The molecule has 3 nitrogen and oxygen atoms in total. The Bertz CT molecular complexity index is 474. The molecule has 0 bridgehead atoms. The third-order valence-electron chi connectivity index (χ3n) is 3.06. The third-order valence-corrected chi connectivity index (χ3v) is 4.29. The molecule has 84 valence electrons. The Morgan fingerprint density at radius 3 is 3.38 bits per heavy atom. The Labute approximate surface area is 99.0 Å². The predicted molar refractivity (Wildman–Crippen MR) is 70.0 cm³/mol. The standard InChI is InChI=1S/C12H15N3S/c1-2-11(5-12-10(1)7-14-15-12)13-6-9-3-4-16-8-9/h1-2,5,7,9,13H,3-4,6,8H2,(H,14,15). The molecule has 1 aliphatic heterocycles. The first-order valence-corrected chi connectivity index (χ1v) is 6.82. The van der Waals surface area contributed by atoms with E-state index in [-0.39, 0.29) is 0 Å². The van der Waals surface area contributed by atoms with E-state index in [1.165, 1.54) is 29.0 Å². The number of hydrogen-bond acceptors (Lipinski definition) is 3. The second kappa shape index (κ2) is 4.37. The lowest BCUT2D eigenvalue weighted by atomic mass is 10.1. The number of nitrogens with zero attached hydrogens (tertiary/aromatic N) is 1. The molecule has 1 atom stereocenters. The topological polar surface area (TPSA) is 40.7 Å². The highest BCUT2D eigenvalue weighted by Crippen LogP contribution is 2.24. The van der Waals surface area contributed by atoms with Gasteiger partial charge < -0.3 is 5.32 Å². The molecule has 2 heterocycles. The number of aromatic amines is 1. The molecule has 16 heavy (non-hydrogen) atoms. The molecule has 0 aliphatic carbocycles. The van der Waals surface area contributed by atoms with Gasteiger partial charge in [0.05, 0.1) is 11.7 Å². The van der Waals surface area contributed by atoms with Gasteiger partial charge >= 0.3 is 0 Å². The van der Waals surface area contributed by atoms with E-state index < -0.39 is 0 Å². The van der Waals surface area contributed by atoms with E-state index in [1.54, 1.807) is 0 Å². The van der Waals surface area contributed by atoms with Gasteiger partial charge in [-0.1, -0.05) is 0 Å². The lowest BCUT2D eigenvalue weighted by Gasteiger charge is -2.11. The Hall–Kier alpha value is -1.16. The van der Waals surface area contributed by atoms with Gasteiger partial charge in [0.25, 0.3) is 0 Å². The Kier molecular flexibility index (Phi) is 2.74. The van der Waals surface area contributed by atoms with Crippen LogP contribution in [0.2, 0.25) is 0 Å². The van der Waals surface area contributed by atoms with Crippen LogP contribution >= 0.6 is 11.8 Å². The van der Waals surface area contributed by atoms with Crippen molar-refractivity contribution < 1.29 is 0 Å². The van der Waals surface area contributed by atoms with Crippen LogP contribution in [0.1, 0.15) is 6.42 Å². The second-order valence-electron chi connectivity index (χ2n) is 4.28. The quantitative estimate of drug-likeness (QED) is 0.856. The summed E-state index contributed by atoms with van der Waals surface area (Å²) in [6.45, 7) is 1.09. The number of benzene rings is 1. The molecule has 3 rings (SSSR count). The number of H-pyrrole nitrogens is 1. The largest absolute Gasteiger partial charge is 0.385 e. The summed E-state index contributed by atoms with van der Waals surface area (Å²) in [4.78, 5) is 0. The molecule has 1 saturated heterocycles. The van der Waals surface area contributed by atoms with Crippen LogP contribution in [-0.4, -0.2) is 28.2 Å². The minimum atomic E-state index is 0.836. The van der Waals surface area contributed by atoms with Gasteiger partial charge in [0.15, 0.2) is 0 Å². The summed E-state index contributed by atoms with van der Waals surface area (Å²) in [5.74, 6) is 3.47. The van der Waals surface area contributed by atoms with Gasteiger partial charge in [-0.25, -0.2) is 0 Å². The van der Waals surface area contributed by atoms with Gasteiger partial charge in [-0.05, 0) is 42.0 Å². The van der Waals surface area contributed by atoms with Crippen molar-refractivity contribution in [3.63, 3.8) is 0 Å². The molecule has 0 spiro atoms. The summed E-state index contributed by atoms with van der Waals surface area (Å²) in [6, 6.07) is 6.36. The number of thioether (sulfide) groups is 1. The fraction of sp³-hybridized carbons (Fsp3) is 0.417. The molecule has 2 N–H and O–H groups in total. The van der Waals surface area contributed by atoms with Crippen molar-refractivity contribution >= 4 is 28.4 Å². The maximum absolute atomic E-state index is 4.02. The smallest absolute Gasteiger partial charge is 0.0670 e. The summed E-state index contributed by atoms with van der Waals surface area (Å²) in [6.07, 6.45) is 3.21. The first kappa shape index (κ1) is 10.0. The minimum Gasteiger partial charge on any atom is -0.385 e. The van der Waals surface area contributed by atoms with Crippen LogP contribution in [0.3, 0.4) is 0 Å². The van der Waals surface area contributed by atoms with Crippen LogP contribution in [0.4, 0.5) is 5.69 Å². The molecule has 1 unspecified atom stereocenters. The van der Waals surface area contributed by atoms with Crippen molar-refractivity contribution in [3.8, 4) is 0 Å². The molecule has 0 radical (unpaired) electrons. The lowest BCUT2D eigenvalue weighted by molar-refractivity contribution is 0.632. The molecular formula is C12H15N3S. The normalized spacial score (nSPS) is 20.4. The van der Waals surface area contributed by atoms with Gasteiger partial charge in [0.1, 0.15) is 0 Å². The van der Waals surface area contributed by atoms with E-state index in [0.29, 0.717) is 0 Å². The van der Waals surface area contributed by atoms with E-state index in [1.807, 2.05) is 6.20 Å². The summed E-state index contributed by atoms with van der Waals surface area (Å²) in [5.41, 5.74) is 2.29. The summed E-state index contributed by atoms with van der Waals surface area (Å²) in [7, 11) is 0. The highest BCUT2D eigenvalue weighted by molar-refractivity contribution is 7.99. The Morgan fingerprint density at radius 1 is 1.50 bits per heavy atom. The van der Waals surface area contributed by atoms with E-state index >= 15 is 0 Å². The van der Waals surface area contributed by atoms with Crippen molar-refractivity contribution in [1.82, 2.24) is 10.2 Å². The molecular weight excluding hydrogens is 218 g/mol. The van der Waals surface area contributed by atoms with Crippen molar-refractivity contribution in [2.75, 3.05) is 23.4 Å². The number of fused-ring (bicyclic) bond motifs is 1. The molecule has 1 aliphatic rings. The van der Waals surface area contributed by atoms with Crippen LogP contribution in [0.15, 0.2) is 24.4 Å². The molecule has 0 saturated carbocycles. The maximum Gasteiger partial charge on any atom is 0.0670 e. The number of hydrogen-bond donors (Lipinski definition) is 2. The van der Waals surface area contributed by atoms with Crippen LogP contribution in [-0.2, 0) is 0 Å². The van der Waals surface area contributed by atoms with E-state index in [2.05, 4.69) is 45.5 Å². The van der Waals surface area contributed by atoms with Gasteiger partial charge in [0.2, 0.25) is 0 Å². The average Bonchev–Trinajstić information content (AvgIpc) is 2.97. The highest BCUT2D eigenvalue weighted by atomic mass is 32.2. The molecule has 1 aromatic carbocycles. The Morgan fingerprint density at radius 2 is 2.50 bits per heavy atom. The number of aromatic nitrogens is 2. The van der Waals surface area contributed by atoms with Gasteiger partial charge in [-0.3, -0.25) is 5.10 Å². The fourth-order valence-corrected chi connectivity index (χ4v) is 3.34. The monoisotopic (exact) mass is 233 g/mol. The summed E-state index contributed by atoms with van der Waals surface area (Å²) < 4.78 is 0. The van der Waals surface area contributed by atoms with Crippen molar-refractivity contribution in [1.29, 1.82) is 0 Å². The second-order valence-corrected chi connectivity index (χ2v) is 5.43. The Balaban J connectivity index is 1.68. The number of rotatable bonds is 3. The van der Waals surface area contributed by atoms with E-state index in [0.717, 1.165) is 18.0 Å². The SMILES string of the molecule is c1cc2cn[nH]c2cc1NCC1CCSC1. The summed E-state index contributed by atoms with van der Waals surface area (Å²) >= 11 is 2.07. The van der Waals surface area contributed by atoms with E-state index in [9.17, 15) is 0 Å². The van der Waals surface area contributed by atoms with Crippen molar-refractivity contribution in [2.45, 2.75) is 6.42 Å². The van der Waals surface area contributed by atoms with Gasteiger partial charge in [-0.2, -0.15) is 16.9 Å². The predicted octanol–water partition coefficient (Wildman–Crippen LogP) is 2.73. The van der Waals surface area contributed by atoms with Crippen LogP contribution in [0.25, 0.3) is 10.9 Å². The molecule has 1 aromatic heterocycles. The number of anilines is 1. The van der Waals surface area contributed by atoms with Gasteiger partial charge in [-0.15, -0.1) is 0 Å². The highest BCUT2D eigenvalue weighted by Gasteiger charge is 2.14. The van der Waals surface area contributed by atoms with Crippen LogP contribution < -0.4 is 5.32 Å². The van der Waals surface area contributed by atoms with Crippen molar-refractivity contribution in [3.05, 3.63) is 24.4 Å². The van der Waals surface area contributed by atoms with Crippen LogP contribution in [0.5, 0.6) is 0 Å². The van der Waals surface area contributed by atoms with Gasteiger partial charge in [0, 0.05) is 17.6 Å². The fourth-order valence-electron chi connectivity index (χ4n) is 2.05. The zero-order valence-corrected chi connectivity index (χ0v) is 9.89. The zero-order chi connectivity index (χ0) is 10.8. The lowest BCUT2D eigenvalue weighted by Crippen LogP contribution is -2.13. The first-order valence-electron chi connectivity index (χ1n) is 5.66. The number of nitrogens with one attached hydrogen (secondary N) is 2. The van der Waals surface area contributed by atoms with Crippen molar-refractivity contribution in [2.24, 2.45) is 5.92 Å².